The summed E-state index contributed by atoms with van der Waals surface area (Å²) in [5, 5.41) is 9.02. The molecule has 1 aromatic rings. The minimum absolute atomic E-state index is 0.0654. The van der Waals surface area contributed by atoms with E-state index in [1.165, 1.54) is 11.1 Å². The van der Waals surface area contributed by atoms with Gasteiger partial charge in [-0.3, -0.25) is 0 Å². The molecule has 0 aliphatic rings. The highest BCUT2D eigenvalue weighted by molar-refractivity contribution is 5.13. The van der Waals surface area contributed by atoms with Gasteiger partial charge in [0.25, 0.3) is 0 Å². The summed E-state index contributed by atoms with van der Waals surface area (Å²) >= 11 is 0. The molecule has 0 bridgehead atoms. The van der Waals surface area contributed by atoms with Crippen LogP contribution in [-0.4, -0.2) is 6.61 Å². The number of benzene rings is 1. The molecule has 0 amide bonds. The molecule has 0 saturated carbocycles. The highest BCUT2D eigenvalue weighted by Crippen LogP contribution is 2.11. The number of hydrogen-bond acceptors (Lipinski definition) is 2. The van der Waals surface area contributed by atoms with Gasteiger partial charge in [0.2, 0.25) is 0 Å². The lowest BCUT2D eigenvalue weighted by Crippen LogP contribution is -2.03. The topological polar surface area (TPSA) is 33.0 Å². The summed E-state index contributed by atoms with van der Waals surface area (Å²) in [7, 11) is 0. The van der Waals surface area contributed by atoms with Crippen molar-refractivity contribution >= 4 is 0 Å². The predicted molar refractivity (Wildman–Crippen MR) is 73.9 cm³/mol. The third-order valence-corrected chi connectivity index (χ3v) is 2.72. The second-order valence-corrected chi connectivity index (χ2v) is 4.67. The van der Waals surface area contributed by atoms with Crippen molar-refractivity contribution in [2.24, 2.45) is 5.92 Å². The van der Waals surface area contributed by atoms with Crippen LogP contribution in [0.2, 0.25) is 0 Å². The zero-order chi connectivity index (χ0) is 13.2. The zero-order valence-electron chi connectivity index (χ0n) is 11.2. The summed E-state index contributed by atoms with van der Waals surface area (Å²) in [6, 6.07) is 12.4. The van der Waals surface area contributed by atoms with E-state index in [9.17, 15) is 0 Å². The Bertz CT molecular complexity index is 399. The van der Waals surface area contributed by atoms with Gasteiger partial charge in [-0.15, -0.1) is 0 Å². The highest BCUT2D eigenvalue weighted by atomic mass is 16.5. The lowest BCUT2D eigenvalue weighted by atomic mass is 10.0. The van der Waals surface area contributed by atoms with Crippen LogP contribution in [0, 0.1) is 17.2 Å². The van der Waals surface area contributed by atoms with Gasteiger partial charge in [-0.2, -0.15) is 5.26 Å². The molecule has 0 radical (unpaired) electrons. The molecule has 0 aromatic heterocycles. The van der Waals surface area contributed by atoms with Gasteiger partial charge in [0.05, 0.1) is 18.6 Å². The fraction of sp³-hybridized carbons (Fsp3) is 0.438. The summed E-state index contributed by atoms with van der Waals surface area (Å²) in [6.07, 6.45) is 3.74. The molecule has 0 aliphatic carbocycles. The molecular formula is C16H21NO. The lowest BCUT2D eigenvalue weighted by molar-refractivity contribution is 0.112. The van der Waals surface area contributed by atoms with Crippen molar-refractivity contribution in [1.82, 2.24) is 0 Å². The summed E-state index contributed by atoms with van der Waals surface area (Å²) in [5.41, 5.74) is 2.44. The van der Waals surface area contributed by atoms with E-state index in [0.29, 0.717) is 13.2 Å². The van der Waals surface area contributed by atoms with Crippen molar-refractivity contribution in [2.75, 3.05) is 6.61 Å². The smallest absolute Gasteiger partial charge is 0.0716 e. The monoisotopic (exact) mass is 243 g/mol. The van der Waals surface area contributed by atoms with Gasteiger partial charge in [0, 0.05) is 6.61 Å². The standard InChI is InChI=1S/C16H21NO/c1-14(2)8-9-15(12-17)10-11-18-13-16-6-4-3-5-7-16/h3-8,15H,9-11,13H2,1-2H3. The lowest BCUT2D eigenvalue weighted by Gasteiger charge is -2.08. The minimum atomic E-state index is 0.0654. The normalized spacial score (nSPS) is 11.6. The Morgan fingerprint density at radius 2 is 2.06 bits per heavy atom. The maximum atomic E-state index is 9.02. The summed E-state index contributed by atoms with van der Waals surface area (Å²) in [5.74, 6) is 0.0654. The number of allylic oxidation sites excluding steroid dienone is 2. The number of nitrogens with zero attached hydrogens (tertiary/aromatic N) is 1. The fourth-order valence-electron chi connectivity index (χ4n) is 1.60. The van der Waals surface area contributed by atoms with Crippen molar-refractivity contribution in [3.05, 3.63) is 47.5 Å². The molecule has 2 heteroatoms. The van der Waals surface area contributed by atoms with Gasteiger partial charge >= 0.3 is 0 Å². The maximum Gasteiger partial charge on any atom is 0.0716 e. The van der Waals surface area contributed by atoms with Crippen LogP contribution >= 0.6 is 0 Å². The second kappa shape index (κ2) is 8.49. The van der Waals surface area contributed by atoms with E-state index in [1.54, 1.807) is 0 Å². The minimum Gasteiger partial charge on any atom is -0.377 e. The van der Waals surface area contributed by atoms with Crippen molar-refractivity contribution in [3.8, 4) is 6.07 Å². The van der Waals surface area contributed by atoms with Gasteiger partial charge < -0.3 is 4.74 Å². The molecule has 0 aliphatic heterocycles. The Labute approximate surface area is 110 Å². The highest BCUT2D eigenvalue weighted by Gasteiger charge is 2.05. The van der Waals surface area contributed by atoms with Crippen LogP contribution in [0.4, 0.5) is 0 Å². The van der Waals surface area contributed by atoms with Crippen LogP contribution in [0.5, 0.6) is 0 Å². The quantitative estimate of drug-likeness (QED) is 0.534. The Kier molecular flexibility index (Phi) is 6.83. The van der Waals surface area contributed by atoms with E-state index in [1.807, 2.05) is 30.3 Å². The molecule has 0 N–H and O–H groups in total. The number of rotatable bonds is 7. The van der Waals surface area contributed by atoms with Crippen molar-refractivity contribution < 1.29 is 4.74 Å². The van der Waals surface area contributed by atoms with Crippen LogP contribution in [0.15, 0.2) is 42.0 Å². The molecule has 18 heavy (non-hydrogen) atoms. The van der Waals surface area contributed by atoms with Gasteiger partial charge in [-0.1, -0.05) is 42.0 Å². The van der Waals surface area contributed by atoms with Crippen molar-refractivity contribution in [2.45, 2.75) is 33.3 Å². The van der Waals surface area contributed by atoms with Crippen LogP contribution in [0.25, 0.3) is 0 Å². The molecule has 1 rings (SSSR count). The molecule has 2 nitrogen and oxygen atoms in total. The molecule has 1 aromatic carbocycles. The van der Waals surface area contributed by atoms with Gasteiger partial charge in [0.15, 0.2) is 0 Å². The third kappa shape index (κ3) is 6.22. The average Bonchev–Trinajstić information content (AvgIpc) is 2.39. The van der Waals surface area contributed by atoms with E-state index in [0.717, 1.165) is 12.8 Å². The van der Waals surface area contributed by atoms with Crippen LogP contribution in [0.1, 0.15) is 32.3 Å². The van der Waals surface area contributed by atoms with Crippen LogP contribution in [-0.2, 0) is 11.3 Å². The van der Waals surface area contributed by atoms with Crippen molar-refractivity contribution in [1.29, 1.82) is 5.26 Å². The van der Waals surface area contributed by atoms with E-state index in [-0.39, 0.29) is 5.92 Å². The third-order valence-electron chi connectivity index (χ3n) is 2.72. The largest absolute Gasteiger partial charge is 0.377 e. The van der Waals surface area contributed by atoms with Gasteiger partial charge in [-0.25, -0.2) is 0 Å². The Hall–Kier alpha value is -1.59. The summed E-state index contributed by atoms with van der Waals surface area (Å²) < 4.78 is 5.59. The fourth-order valence-corrected chi connectivity index (χ4v) is 1.60. The van der Waals surface area contributed by atoms with E-state index < -0.39 is 0 Å². The van der Waals surface area contributed by atoms with Gasteiger partial charge in [0.1, 0.15) is 0 Å². The maximum absolute atomic E-state index is 9.02. The first-order valence-corrected chi connectivity index (χ1v) is 6.37. The summed E-state index contributed by atoms with van der Waals surface area (Å²) in [6.45, 7) is 5.38. The SMILES string of the molecule is CC(C)=CCC(C#N)CCOCc1ccccc1. The molecule has 0 spiro atoms. The average molecular weight is 243 g/mol. The first kappa shape index (κ1) is 14.5. The Balaban J connectivity index is 2.20. The number of hydrogen-bond donors (Lipinski definition) is 0. The van der Waals surface area contributed by atoms with E-state index in [4.69, 9.17) is 10.00 Å². The van der Waals surface area contributed by atoms with Gasteiger partial charge in [-0.05, 0) is 32.3 Å². The molecular weight excluding hydrogens is 222 g/mol. The molecule has 1 unspecified atom stereocenters. The predicted octanol–water partition coefficient (Wildman–Crippen LogP) is 4.09. The van der Waals surface area contributed by atoms with Crippen molar-refractivity contribution in [3.63, 3.8) is 0 Å². The molecule has 96 valence electrons. The number of nitriles is 1. The Morgan fingerprint density at radius 3 is 2.67 bits per heavy atom. The first-order chi connectivity index (χ1) is 8.72. The van der Waals surface area contributed by atoms with E-state index >= 15 is 0 Å². The van der Waals surface area contributed by atoms with Crippen LogP contribution < -0.4 is 0 Å². The van der Waals surface area contributed by atoms with Crippen LogP contribution in [0.3, 0.4) is 0 Å². The zero-order valence-corrected chi connectivity index (χ0v) is 11.2. The number of ether oxygens (including phenoxy) is 1. The van der Waals surface area contributed by atoms with E-state index in [2.05, 4.69) is 26.0 Å². The molecule has 0 heterocycles. The first-order valence-electron chi connectivity index (χ1n) is 6.37. The molecule has 0 saturated heterocycles. The summed E-state index contributed by atoms with van der Waals surface area (Å²) in [4.78, 5) is 0. The Morgan fingerprint density at radius 1 is 1.33 bits per heavy atom. The molecule has 0 fully saturated rings. The second-order valence-electron chi connectivity index (χ2n) is 4.67. The molecule has 1 atom stereocenters.